The lowest BCUT2D eigenvalue weighted by Gasteiger charge is -1.95. The number of pyridine rings is 1. The lowest BCUT2D eigenvalue weighted by molar-refractivity contribution is 0.981. The molecule has 0 unspecified atom stereocenters. The number of aromatic nitrogens is 2. The molecule has 70 valence electrons. The van der Waals surface area contributed by atoms with E-state index >= 15 is 0 Å². The number of fused-ring (bicyclic) bond motifs is 1. The SMILES string of the molecule is C#CCCc1cn2c(C)cccc2n1. The van der Waals surface area contributed by atoms with E-state index in [4.69, 9.17) is 6.42 Å². The molecule has 0 N–H and O–H groups in total. The normalized spacial score (nSPS) is 10.3. The Balaban J connectivity index is 2.42. The quantitative estimate of drug-likeness (QED) is 0.654. The van der Waals surface area contributed by atoms with Crippen LogP contribution in [0.3, 0.4) is 0 Å². The average molecular weight is 184 g/mol. The van der Waals surface area contributed by atoms with E-state index < -0.39 is 0 Å². The summed E-state index contributed by atoms with van der Waals surface area (Å²) in [7, 11) is 0. The molecule has 2 rings (SSSR count). The van der Waals surface area contributed by atoms with Crippen LogP contribution in [0.1, 0.15) is 17.8 Å². The number of rotatable bonds is 2. The molecule has 0 saturated carbocycles. The molecule has 2 aromatic heterocycles. The second kappa shape index (κ2) is 3.55. The Kier molecular flexibility index (Phi) is 2.24. The highest BCUT2D eigenvalue weighted by molar-refractivity contribution is 5.41. The van der Waals surface area contributed by atoms with Crippen LogP contribution in [0.15, 0.2) is 24.4 Å². The van der Waals surface area contributed by atoms with Gasteiger partial charge in [0.05, 0.1) is 5.69 Å². The number of hydrogen-bond acceptors (Lipinski definition) is 1. The number of nitrogens with zero attached hydrogens (tertiary/aromatic N) is 2. The highest BCUT2D eigenvalue weighted by Gasteiger charge is 2.01. The molecule has 0 fully saturated rings. The maximum atomic E-state index is 5.22. The first-order chi connectivity index (χ1) is 6.81. The third kappa shape index (κ3) is 1.49. The Hall–Kier alpha value is -1.75. The van der Waals surface area contributed by atoms with E-state index in [1.165, 1.54) is 5.69 Å². The minimum absolute atomic E-state index is 0.753. The van der Waals surface area contributed by atoms with Gasteiger partial charge in [-0.15, -0.1) is 12.3 Å². The van der Waals surface area contributed by atoms with Gasteiger partial charge in [-0.2, -0.15) is 0 Å². The largest absolute Gasteiger partial charge is 0.304 e. The predicted octanol–water partition coefficient (Wildman–Crippen LogP) is 2.21. The maximum Gasteiger partial charge on any atom is 0.137 e. The summed E-state index contributed by atoms with van der Waals surface area (Å²) in [6.07, 6.45) is 8.89. The summed E-state index contributed by atoms with van der Waals surface area (Å²) in [5.74, 6) is 2.63. The van der Waals surface area contributed by atoms with Crippen LogP contribution in [0.4, 0.5) is 0 Å². The van der Waals surface area contributed by atoms with E-state index in [1.807, 2.05) is 12.1 Å². The van der Waals surface area contributed by atoms with Gasteiger partial charge >= 0.3 is 0 Å². The van der Waals surface area contributed by atoms with E-state index in [1.54, 1.807) is 0 Å². The average Bonchev–Trinajstić information content (AvgIpc) is 2.59. The number of terminal acetylenes is 1. The molecule has 0 aliphatic heterocycles. The predicted molar refractivity (Wildman–Crippen MR) is 57.1 cm³/mol. The molecule has 0 aliphatic rings. The van der Waals surface area contributed by atoms with Gasteiger partial charge in [-0.05, 0) is 19.1 Å². The summed E-state index contributed by atoms with van der Waals surface area (Å²) in [5, 5.41) is 0. The fourth-order valence-electron chi connectivity index (χ4n) is 1.52. The standard InChI is InChI=1S/C12H12N2/c1-3-4-7-11-9-14-10(2)6-5-8-12(14)13-11/h1,5-6,8-9H,4,7H2,2H3. The van der Waals surface area contributed by atoms with Crippen LogP contribution < -0.4 is 0 Å². The van der Waals surface area contributed by atoms with Gasteiger partial charge in [-0.3, -0.25) is 0 Å². The molecule has 0 aromatic carbocycles. The van der Waals surface area contributed by atoms with Crippen molar-refractivity contribution in [2.45, 2.75) is 19.8 Å². The van der Waals surface area contributed by atoms with Crippen LogP contribution in [0, 0.1) is 19.3 Å². The second-order valence-electron chi connectivity index (χ2n) is 3.33. The Morgan fingerprint density at radius 1 is 1.50 bits per heavy atom. The van der Waals surface area contributed by atoms with Crippen molar-refractivity contribution in [3.8, 4) is 12.3 Å². The Labute approximate surface area is 83.6 Å². The fraction of sp³-hybridized carbons (Fsp3) is 0.250. The van der Waals surface area contributed by atoms with Crippen LogP contribution in [0.25, 0.3) is 5.65 Å². The van der Waals surface area contributed by atoms with Gasteiger partial charge < -0.3 is 4.40 Å². The van der Waals surface area contributed by atoms with E-state index in [9.17, 15) is 0 Å². The minimum Gasteiger partial charge on any atom is -0.304 e. The van der Waals surface area contributed by atoms with Gasteiger partial charge in [-0.25, -0.2) is 4.98 Å². The molecular weight excluding hydrogens is 172 g/mol. The van der Waals surface area contributed by atoms with E-state index in [0.29, 0.717) is 0 Å². The van der Waals surface area contributed by atoms with Crippen molar-refractivity contribution in [2.75, 3.05) is 0 Å². The third-order valence-electron chi connectivity index (χ3n) is 2.27. The van der Waals surface area contributed by atoms with Crippen LogP contribution in [-0.4, -0.2) is 9.38 Å². The summed E-state index contributed by atoms with van der Waals surface area (Å²) in [6, 6.07) is 6.09. The van der Waals surface area contributed by atoms with Crippen LogP contribution in [-0.2, 0) is 6.42 Å². The minimum atomic E-state index is 0.753. The molecule has 0 saturated heterocycles. The second-order valence-corrected chi connectivity index (χ2v) is 3.33. The summed E-state index contributed by atoms with van der Waals surface area (Å²) in [6.45, 7) is 2.07. The number of hydrogen-bond donors (Lipinski definition) is 0. The highest BCUT2D eigenvalue weighted by atomic mass is 15.0. The van der Waals surface area contributed by atoms with Crippen molar-refractivity contribution in [1.82, 2.24) is 9.38 Å². The lowest BCUT2D eigenvalue weighted by atomic mass is 10.3. The molecule has 0 aliphatic carbocycles. The first-order valence-electron chi connectivity index (χ1n) is 4.68. The fourth-order valence-corrected chi connectivity index (χ4v) is 1.52. The molecule has 0 amide bonds. The van der Waals surface area contributed by atoms with Crippen molar-refractivity contribution >= 4 is 5.65 Å². The van der Waals surface area contributed by atoms with Crippen LogP contribution in [0.5, 0.6) is 0 Å². The maximum absolute atomic E-state index is 5.22. The molecule has 2 aromatic rings. The summed E-state index contributed by atoms with van der Waals surface area (Å²) >= 11 is 0. The molecule has 14 heavy (non-hydrogen) atoms. The Morgan fingerprint density at radius 2 is 2.36 bits per heavy atom. The molecule has 2 heteroatoms. The van der Waals surface area contributed by atoms with Gasteiger partial charge in [0, 0.05) is 24.7 Å². The summed E-state index contributed by atoms with van der Waals surface area (Å²) < 4.78 is 2.09. The first kappa shape index (κ1) is 8.83. The van der Waals surface area contributed by atoms with E-state index in [0.717, 1.165) is 24.2 Å². The first-order valence-corrected chi connectivity index (χ1v) is 4.68. The smallest absolute Gasteiger partial charge is 0.137 e. The number of aryl methyl sites for hydroxylation is 2. The van der Waals surface area contributed by atoms with Gasteiger partial charge in [0.1, 0.15) is 5.65 Å². The van der Waals surface area contributed by atoms with Crippen molar-refractivity contribution in [1.29, 1.82) is 0 Å². The third-order valence-corrected chi connectivity index (χ3v) is 2.27. The van der Waals surface area contributed by atoms with Crippen molar-refractivity contribution in [2.24, 2.45) is 0 Å². The molecule has 2 heterocycles. The van der Waals surface area contributed by atoms with Gasteiger partial charge in [0.15, 0.2) is 0 Å². The molecule has 0 bridgehead atoms. The van der Waals surface area contributed by atoms with Gasteiger partial charge in [-0.1, -0.05) is 6.07 Å². The Morgan fingerprint density at radius 3 is 3.07 bits per heavy atom. The monoisotopic (exact) mass is 184 g/mol. The zero-order valence-corrected chi connectivity index (χ0v) is 8.20. The van der Waals surface area contributed by atoms with Gasteiger partial charge in [0.25, 0.3) is 0 Å². The zero-order valence-electron chi connectivity index (χ0n) is 8.20. The highest BCUT2D eigenvalue weighted by Crippen LogP contribution is 2.09. The Bertz CT molecular complexity index is 488. The van der Waals surface area contributed by atoms with Crippen molar-refractivity contribution in [3.05, 3.63) is 35.8 Å². The number of imidazole rings is 1. The summed E-state index contributed by atoms with van der Waals surface area (Å²) in [5.41, 5.74) is 3.26. The van der Waals surface area contributed by atoms with E-state index in [-0.39, 0.29) is 0 Å². The lowest BCUT2D eigenvalue weighted by Crippen LogP contribution is -1.86. The molecular formula is C12H12N2. The summed E-state index contributed by atoms with van der Waals surface area (Å²) in [4.78, 5) is 4.48. The molecule has 0 radical (unpaired) electrons. The van der Waals surface area contributed by atoms with Crippen molar-refractivity contribution in [3.63, 3.8) is 0 Å². The van der Waals surface area contributed by atoms with Gasteiger partial charge in [0.2, 0.25) is 0 Å². The van der Waals surface area contributed by atoms with Crippen molar-refractivity contribution < 1.29 is 0 Å². The molecule has 0 spiro atoms. The van der Waals surface area contributed by atoms with Crippen LogP contribution in [0.2, 0.25) is 0 Å². The topological polar surface area (TPSA) is 17.3 Å². The molecule has 0 atom stereocenters. The molecule has 2 nitrogen and oxygen atoms in total. The van der Waals surface area contributed by atoms with Crippen LogP contribution >= 0.6 is 0 Å². The zero-order chi connectivity index (χ0) is 9.97. The van der Waals surface area contributed by atoms with E-state index in [2.05, 4.69) is 34.5 Å².